The maximum Gasteiger partial charge on any atom is 0.165 e. The number of hydrogen-bond donors (Lipinski definition) is 0. The molecule has 0 N–H and O–H groups in total. The molecule has 2 heterocycles. The molecule has 0 spiro atoms. The SMILES string of the molecule is O=S1(=O)CCN(c2ccccc2-c2ncnn2-c2ccccc2)CC1. The summed E-state index contributed by atoms with van der Waals surface area (Å²) in [5.74, 6) is 1.12. The van der Waals surface area contributed by atoms with Gasteiger partial charge in [0, 0.05) is 24.3 Å². The maximum atomic E-state index is 11.7. The largest absolute Gasteiger partial charge is 0.369 e. The molecule has 0 aliphatic carbocycles. The molecular weight excluding hydrogens is 336 g/mol. The van der Waals surface area contributed by atoms with Gasteiger partial charge in [-0.05, 0) is 24.3 Å². The third kappa shape index (κ3) is 3.15. The summed E-state index contributed by atoms with van der Waals surface area (Å²) >= 11 is 0. The van der Waals surface area contributed by atoms with E-state index in [0.717, 1.165) is 22.8 Å². The van der Waals surface area contributed by atoms with E-state index in [1.807, 2.05) is 54.6 Å². The molecule has 0 radical (unpaired) electrons. The molecule has 3 aromatic rings. The van der Waals surface area contributed by atoms with E-state index >= 15 is 0 Å². The van der Waals surface area contributed by atoms with Gasteiger partial charge >= 0.3 is 0 Å². The van der Waals surface area contributed by atoms with E-state index < -0.39 is 9.84 Å². The van der Waals surface area contributed by atoms with Crippen molar-refractivity contribution in [1.29, 1.82) is 0 Å². The van der Waals surface area contributed by atoms with Crippen LogP contribution in [0.3, 0.4) is 0 Å². The number of benzene rings is 2. The molecule has 1 saturated heterocycles. The molecule has 0 bridgehead atoms. The van der Waals surface area contributed by atoms with Gasteiger partial charge in [0.15, 0.2) is 15.7 Å². The van der Waals surface area contributed by atoms with Crippen LogP contribution in [0.2, 0.25) is 0 Å². The highest BCUT2D eigenvalue weighted by molar-refractivity contribution is 7.91. The Balaban J connectivity index is 1.75. The molecular formula is C18H18N4O2S. The van der Waals surface area contributed by atoms with Gasteiger partial charge in [-0.25, -0.2) is 18.1 Å². The molecule has 0 atom stereocenters. The Hall–Kier alpha value is -2.67. The molecule has 1 fully saturated rings. The summed E-state index contributed by atoms with van der Waals surface area (Å²) in [5.41, 5.74) is 2.87. The number of nitrogens with zero attached hydrogens (tertiary/aromatic N) is 4. The Morgan fingerprint density at radius 3 is 2.32 bits per heavy atom. The zero-order valence-corrected chi connectivity index (χ0v) is 14.4. The van der Waals surface area contributed by atoms with Crippen molar-refractivity contribution in [3.63, 3.8) is 0 Å². The van der Waals surface area contributed by atoms with Crippen LogP contribution in [0.25, 0.3) is 17.1 Å². The number of rotatable bonds is 3. The van der Waals surface area contributed by atoms with Crippen LogP contribution in [0, 0.1) is 0 Å². The van der Waals surface area contributed by atoms with E-state index in [4.69, 9.17) is 0 Å². The first-order valence-corrected chi connectivity index (χ1v) is 9.96. The van der Waals surface area contributed by atoms with E-state index in [2.05, 4.69) is 15.0 Å². The number of aromatic nitrogens is 3. The molecule has 6 nitrogen and oxygen atoms in total. The zero-order valence-electron chi connectivity index (χ0n) is 13.6. The number of anilines is 1. The quantitative estimate of drug-likeness (QED) is 0.721. The van der Waals surface area contributed by atoms with E-state index in [9.17, 15) is 8.42 Å². The van der Waals surface area contributed by atoms with Crippen LogP contribution in [0.15, 0.2) is 60.9 Å². The lowest BCUT2D eigenvalue weighted by Gasteiger charge is -2.30. The number of hydrogen-bond acceptors (Lipinski definition) is 5. The van der Waals surface area contributed by atoms with Crippen molar-refractivity contribution in [2.24, 2.45) is 0 Å². The van der Waals surface area contributed by atoms with Crippen molar-refractivity contribution in [3.05, 3.63) is 60.9 Å². The minimum absolute atomic E-state index is 0.187. The van der Waals surface area contributed by atoms with E-state index in [0.29, 0.717) is 13.1 Å². The average molecular weight is 354 g/mol. The zero-order chi connectivity index (χ0) is 17.3. The fraction of sp³-hybridized carbons (Fsp3) is 0.222. The number of sulfone groups is 1. The van der Waals surface area contributed by atoms with Crippen molar-refractivity contribution in [3.8, 4) is 17.1 Å². The van der Waals surface area contributed by atoms with E-state index in [1.165, 1.54) is 0 Å². The van der Waals surface area contributed by atoms with Gasteiger partial charge < -0.3 is 4.90 Å². The van der Waals surface area contributed by atoms with Crippen LogP contribution < -0.4 is 4.90 Å². The summed E-state index contributed by atoms with van der Waals surface area (Å²) in [5, 5.41) is 4.36. The van der Waals surface area contributed by atoms with Gasteiger partial charge in [0.25, 0.3) is 0 Å². The minimum atomic E-state index is -2.92. The predicted molar refractivity (Wildman–Crippen MR) is 97.7 cm³/mol. The Morgan fingerprint density at radius 2 is 1.56 bits per heavy atom. The maximum absolute atomic E-state index is 11.7. The second-order valence-electron chi connectivity index (χ2n) is 5.99. The lowest BCUT2D eigenvalue weighted by molar-refractivity contribution is 0.587. The second-order valence-corrected chi connectivity index (χ2v) is 8.29. The standard InChI is InChI=1S/C18H18N4O2S/c23-25(24)12-10-21(11-13-25)17-9-5-4-8-16(17)18-19-14-20-22(18)15-6-2-1-3-7-15/h1-9,14H,10-13H2. The Bertz CT molecular complexity index is 969. The third-order valence-corrected chi connectivity index (χ3v) is 5.99. The molecule has 7 heteroatoms. The average Bonchev–Trinajstić information content (AvgIpc) is 3.12. The van der Waals surface area contributed by atoms with Gasteiger partial charge in [-0.15, -0.1) is 0 Å². The van der Waals surface area contributed by atoms with Crippen molar-refractivity contribution in [2.75, 3.05) is 29.5 Å². The monoisotopic (exact) mass is 354 g/mol. The van der Waals surface area contributed by atoms with Crippen molar-refractivity contribution < 1.29 is 8.42 Å². The van der Waals surface area contributed by atoms with Gasteiger partial charge in [-0.3, -0.25) is 0 Å². The summed E-state index contributed by atoms with van der Waals surface area (Å²) in [6, 6.07) is 17.8. The van der Waals surface area contributed by atoms with Crippen LogP contribution in [0.4, 0.5) is 5.69 Å². The molecule has 1 aliphatic heterocycles. The Labute approximate surface area is 146 Å². The summed E-state index contributed by atoms with van der Waals surface area (Å²) in [6.07, 6.45) is 1.54. The molecule has 25 heavy (non-hydrogen) atoms. The van der Waals surface area contributed by atoms with E-state index in [1.54, 1.807) is 11.0 Å². The highest BCUT2D eigenvalue weighted by Gasteiger charge is 2.24. The molecule has 128 valence electrons. The summed E-state index contributed by atoms with van der Waals surface area (Å²) in [4.78, 5) is 6.57. The minimum Gasteiger partial charge on any atom is -0.369 e. The predicted octanol–water partition coefficient (Wildman–Crippen LogP) is 2.17. The lowest BCUT2D eigenvalue weighted by Crippen LogP contribution is -2.40. The summed E-state index contributed by atoms with van der Waals surface area (Å²) in [6.45, 7) is 0.998. The first-order valence-electron chi connectivity index (χ1n) is 8.14. The van der Waals surface area contributed by atoms with Crippen LogP contribution in [0.1, 0.15) is 0 Å². The van der Waals surface area contributed by atoms with Gasteiger partial charge in [0.05, 0.1) is 17.2 Å². The molecule has 0 saturated carbocycles. The molecule has 1 aromatic heterocycles. The fourth-order valence-electron chi connectivity index (χ4n) is 3.08. The number of para-hydroxylation sites is 2. The highest BCUT2D eigenvalue weighted by Crippen LogP contribution is 2.31. The topological polar surface area (TPSA) is 68.1 Å². The van der Waals surface area contributed by atoms with Crippen LogP contribution in [0.5, 0.6) is 0 Å². The molecule has 2 aromatic carbocycles. The van der Waals surface area contributed by atoms with Crippen molar-refractivity contribution >= 4 is 15.5 Å². The summed E-state index contributed by atoms with van der Waals surface area (Å²) in [7, 11) is -2.92. The molecule has 1 aliphatic rings. The van der Waals surface area contributed by atoms with Crippen LogP contribution >= 0.6 is 0 Å². The van der Waals surface area contributed by atoms with E-state index in [-0.39, 0.29) is 11.5 Å². The molecule has 0 amide bonds. The van der Waals surface area contributed by atoms with Gasteiger partial charge in [0.1, 0.15) is 6.33 Å². The fourth-order valence-corrected chi connectivity index (χ4v) is 4.28. The van der Waals surface area contributed by atoms with Crippen molar-refractivity contribution in [2.45, 2.75) is 0 Å². The van der Waals surface area contributed by atoms with Crippen molar-refractivity contribution in [1.82, 2.24) is 14.8 Å². The summed E-state index contributed by atoms with van der Waals surface area (Å²) < 4.78 is 25.3. The third-order valence-electron chi connectivity index (χ3n) is 4.38. The second kappa shape index (κ2) is 6.33. The van der Waals surface area contributed by atoms with Crippen LogP contribution in [-0.2, 0) is 9.84 Å². The van der Waals surface area contributed by atoms with Gasteiger partial charge in [0.2, 0.25) is 0 Å². The highest BCUT2D eigenvalue weighted by atomic mass is 32.2. The molecule has 0 unspecified atom stereocenters. The Morgan fingerprint density at radius 1 is 0.880 bits per heavy atom. The van der Waals surface area contributed by atoms with Crippen LogP contribution in [-0.4, -0.2) is 47.8 Å². The van der Waals surface area contributed by atoms with Gasteiger partial charge in [-0.2, -0.15) is 5.10 Å². The lowest BCUT2D eigenvalue weighted by atomic mass is 10.1. The normalized spacial score (nSPS) is 16.7. The van der Waals surface area contributed by atoms with Gasteiger partial charge in [-0.1, -0.05) is 30.3 Å². The smallest absolute Gasteiger partial charge is 0.165 e. The first kappa shape index (κ1) is 15.8. The molecule has 4 rings (SSSR count). The first-order chi connectivity index (χ1) is 12.1. The Kier molecular flexibility index (Phi) is 4.01.